The van der Waals surface area contributed by atoms with E-state index < -0.39 is 0 Å². The summed E-state index contributed by atoms with van der Waals surface area (Å²) in [6.45, 7) is 6.95. The first kappa shape index (κ1) is 22.1. The van der Waals surface area contributed by atoms with E-state index in [2.05, 4.69) is 20.1 Å². The van der Waals surface area contributed by atoms with E-state index in [-0.39, 0.29) is 41.8 Å². The maximum Gasteiger partial charge on any atom is 0.193 e. The Hall–Kier alpha value is -0.640. The fraction of sp³-hybridized carbons (Fsp3) is 0.650. The van der Waals surface area contributed by atoms with Crippen molar-refractivity contribution < 1.29 is 9.13 Å². The number of rotatable bonds is 4. The zero-order valence-electron chi connectivity index (χ0n) is 16.2. The van der Waals surface area contributed by atoms with Gasteiger partial charge in [-0.2, -0.15) is 0 Å². The van der Waals surface area contributed by atoms with E-state index in [4.69, 9.17) is 16.3 Å². The van der Waals surface area contributed by atoms with Crippen molar-refractivity contribution in [2.75, 3.05) is 53.0 Å². The molecule has 0 amide bonds. The molecule has 1 aliphatic carbocycles. The molecule has 28 heavy (non-hydrogen) atoms. The third-order valence-corrected chi connectivity index (χ3v) is 6.22. The summed E-state index contributed by atoms with van der Waals surface area (Å²) in [5, 5.41) is 4.05. The van der Waals surface area contributed by atoms with Crippen molar-refractivity contribution in [3.8, 4) is 0 Å². The Balaban J connectivity index is 0.00000225. The van der Waals surface area contributed by atoms with Crippen molar-refractivity contribution in [3.05, 3.63) is 34.6 Å². The average molecular weight is 523 g/mol. The second-order valence-corrected chi connectivity index (χ2v) is 8.20. The number of halogens is 3. The lowest BCUT2D eigenvalue weighted by molar-refractivity contribution is 0.0315. The second kappa shape index (κ2) is 9.91. The topological polar surface area (TPSA) is 40.1 Å². The highest BCUT2D eigenvalue weighted by molar-refractivity contribution is 14.0. The molecule has 3 atom stereocenters. The van der Waals surface area contributed by atoms with Crippen LogP contribution in [0.25, 0.3) is 0 Å². The molecule has 0 aromatic heterocycles. The normalized spacial score (nSPS) is 28.2. The van der Waals surface area contributed by atoms with E-state index >= 15 is 0 Å². The van der Waals surface area contributed by atoms with Gasteiger partial charge in [-0.1, -0.05) is 17.7 Å². The van der Waals surface area contributed by atoms with Crippen LogP contribution in [-0.4, -0.2) is 74.8 Å². The molecule has 0 bridgehead atoms. The van der Waals surface area contributed by atoms with Gasteiger partial charge in [0, 0.05) is 62.3 Å². The molecule has 5 nitrogen and oxygen atoms in total. The van der Waals surface area contributed by atoms with Gasteiger partial charge in [0.25, 0.3) is 0 Å². The summed E-state index contributed by atoms with van der Waals surface area (Å²) in [4.78, 5) is 9.32. The van der Waals surface area contributed by atoms with Gasteiger partial charge >= 0.3 is 0 Å². The Labute approximate surface area is 188 Å². The number of nitrogens with zero attached hydrogens (tertiary/aromatic N) is 3. The van der Waals surface area contributed by atoms with Crippen LogP contribution < -0.4 is 5.32 Å². The van der Waals surface area contributed by atoms with Gasteiger partial charge in [-0.15, -0.1) is 24.0 Å². The van der Waals surface area contributed by atoms with Gasteiger partial charge in [0.15, 0.2) is 5.96 Å². The molecule has 1 aromatic rings. The summed E-state index contributed by atoms with van der Waals surface area (Å²) in [5.41, 5.74) is 0.638. The van der Waals surface area contributed by atoms with E-state index in [1.165, 1.54) is 12.5 Å². The molecule has 3 aliphatic rings. The Morgan fingerprint density at radius 1 is 1.32 bits per heavy atom. The predicted octanol–water partition coefficient (Wildman–Crippen LogP) is 3.18. The molecule has 4 rings (SSSR count). The first-order valence-electron chi connectivity index (χ1n) is 9.88. The van der Waals surface area contributed by atoms with Gasteiger partial charge in [-0.25, -0.2) is 4.39 Å². The molecular formula is C20H29ClFIN4O. The number of morpholine rings is 1. The van der Waals surface area contributed by atoms with E-state index in [0.717, 1.165) is 58.3 Å². The molecular weight excluding hydrogens is 494 g/mol. The summed E-state index contributed by atoms with van der Waals surface area (Å²) in [6.07, 6.45) is 2.08. The molecule has 2 aliphatic heterocycles. The number of benzene rings is 1. The summed E-state index contributed by atoms with van der Waals surface area (Å²) in [7, 11) is 1.82. The number of ether oxygens (including phenoxy) is 1. The molecule has 0 radical (unpaired) electrons. The SMILES string of the molecule is CN=C(NC1CC1c1c(F)cccc1Cl)N1CCC(CN2CCOCC2)C1.I. The molecule has 0 spiro atoms. The maximum absolute atomic E-state index is 14.1. The van der Waals surface area contributed by atoms with Crippen LogP contribution in [0, 0.1) is 11.7 Å². The Bertz CT molecular complexity index is 681. The Morgan fingerprint density at radius 2 is 2.11 bits per heavy atom. The number of hydrogen-bond donors (Lipinski definition) is 1. The molecule has 1 N–H and O–H groups in total. The van der Waals surface area contributed by atoms with Crippen molar-refractivity contribution in [2.45, 2.75) is 24.8 Å². The van der Waals surface area contributed by atoms with Crippen molar-refractivity contribution >= 4 is 41.5 Å². The molecule has 3 unspecified atom stereocenters. The van der Waals surface area contributed by atoms with E-state index in [1.807, 2.05) is 7.05 Å². The van der Waals surface area contributed by atoms with Crippen molar-refractivity contribution in [1.82, 2.24) is 15.1 Å². The zero-order chi connectivity index (χ0) is 18.8. The molecule has 1 saturated carbocycles. The zero-order valence-corrected chi connectivity index (χ0v) is 19.3. The molecule has 156 valence electrons. The minimum absolute atomic E-state index is 0. The number of aliphatic imine (C=N–C) groups is 1. The fourth-order valence-corrected chi connectivity index (χ4v) is 4.63. The summed E-state index contributed by atoms with van der Waals surface area (Å²) in [6, 6.07) is 5.11. The van der Waals surface area contributed by atoms with Gasteiger partial charge in [-0.3, -0.25) is 9.89 Å². The highest BCUT2D eigenvalue weighted by atomic mass is 127. The molecule has 3 fully saturated rings. The largest absolute Gasteiger partial charge is 0.379 e. The number of guanidine groups is 1. The lowest BCUT2D eigenvalue weighted by atomic mass is 10.1. The highest BCUT2D eigenvalue weighted by Gasteiger charge is 2.42. The van der Waals surface area contributed by atoms with Crippen LogP contribution in [0.5, 0.6) is 0 Å². The lowest BCUT2D eigenvalue weighted by Gasteiger charge is -2.29. The van der Waals surface area contributed by atoms with Gasteiger partial charge in [0.1, 0.15) is 5.82 Å². The fourth-order valence-electron chi connectivity index (χ4n) is 4.32. The lowest BCUT2D eigenvalue weighted by Crippen LogP contribution is -2.43. The molecule has 8 heteroatoms. The Kier molecular flexibility index (Phi) is 7.81. The van der Waals surface area contributed by atoms with Gasteiger partial charge in [-0.05, 0) is 30.9 Å². The van der Waals surface area contributed by atoms with Crippen LogP contribution in [0.3, 0.4) is 0 Å². The first-order valence-corrected chi connectivity index (χ1v) is 10.3. The molecule has 2 heterocycles. The second-order valence-electron chi connectivity index (χ2n) is 7.79. The van der Waals surface area contributed by atoms with Crippen molar-refractivity contribution in [2.24, 2.45) is 10.9 Å². The first-order chi connectivity index (χ1) is 13.2. The van der Waals surface area contributed by atoms with E-state index in [0.29, 0.717) is 16.5 Å². The number of likely N-dealkylation sites (tertiary alicyclic amines) is 1. The average Bonchev–Trinajstić information content (AvgIpc) is 3.26. The molecule has 1 aromatic carbocycles. The minimum atomic E-state index is -0.210. The third-order valence-electron chi connectivity index (χ3n) is 5.89. The van der Waals surface area contributed by atoms with Crippen molar-refractivity contribution in [3.63, 3.8) is 0 Å². The quantitative estimate of drug-likeness (QED) is 0.375. The van der Waals surface area contributed by atoms with Crippen molar-refractivity contribution in [1.29, 1.82) is 0 Å². The summed E-state index contributed by atoms with van der Waals surface area (Å²) in [5.74, 6) is 1.51. The van der Waals surface area contributed by atoms with Crippen LogP contribution >= 0.6 is 35.6 Å². The van der Waals surface area contributed by atoms with Gasteiger partial charge in [0.2, 0.25) is 0 Å². The molecule has 2 saturated heterocycles. The van der Waals surface area contributed by atoms with Crippen LogP contribution in [0.4, 0.5) is 4.39 Å². The minimum Gasteiger partial charge on any atom is -0.379 e. The summed E-state index contributed by atoms with van der Waals surface area (Å²) >= 11 is 6.22. The summed E-state index contributed by atoms with van der Waals surface area (Å²) < 4.78 is 19.6. The smallest absolute Gasteiger partial charge is 0.193 e. The van der Waals surface area contributed by atoms with Gasteiger partial charge < -0.3 is 15.0 Å². The number of hydrogen-bond acceptors (Lipinski definition) is 3. The number of nitrogens with one attached hydrogen (secondary N) is 1. The third kappa shape index (κ3) is 5.09. The van der Waals surface area contributed by atoms with Crippen LogP contribution in [0.15, 0.2) is 23.2 Å². The monoisotopic (exact) mass is 522 g/mol. The Morgan fingerprint density at radius 3 is 2.82 bits per heavy atom. The van der Waals surface area contributed by atoms with Crippen LogP contribution in [0.2, 0.25) is 5.02 Å². The van der Waals surface area contributed by atoms with Crippen LogP contribution in [0.1, 0.15) is 24.3 Å². The maximum atomic E-state index is 14.1. The van der Waals surface area contributed by atoms with E-state index in [9.17, 15) is 4.39 Å². The predicted molar refractivity (Wildman–Crippen MR) is 121 cm³/mol. The standard InChI is InChI=1S/C20H28ClFN4O.HI/c1-23-20(24-18-11-15(18)19-16(21)3-2-4-17(19)22)26-6-5-14(13-26)12-25-7-9-27-10-8-25;/h2-4,14-15,18H,5-13H2,1H3,(H,23,24);1H. The van der Waals surface area contributed by atoms with Gasteiger partial charge in [0.05, 0.1) is 13.2 Å². The highest BCUT2D eigenvalue weighted by Crippen LogP contribution is 2.45. The van der Waals surface area contributed by atoms with Crippen LogP contribution in [-0.2, 0) is 4.74 Å². The van der Waals surface area contributed by atoms with E-state index in [1.54, 1.807) is 12.1 Å².